The number of aldehydes is 1. The van der Waals surface area contributed by atoms with E-state index in [2.05, 4.69) is 12.7 Å². The summed E-state index contributed by atoms with van der Waals surface area (Å²) in [5.74, 6) is 0. The van der Waals surface area contributed by atoms with Gasteiger partial charge in [0.2, 0.25) is 0 Å². The topological polar surface area (TPSA) is 17.1 Å². The molecule has 0 N–H and O–H groups in total. The normalized spacial score (nSPS) is 16.7. The highest BCUT2D eigenvalue weighted by molar-refractivity contribution is 5.74. The second kappa shape index (κ2) is 3.91. The highest BCUT2D eigenvalue weighted by Crippen LogP contribution is 2.18. The number of rotatable bonds is 3. The molecule has 0 saturated heterocycles. The second-order valence-corrected chi connectivity index (χ2v) is 2.66. The molecule has 0 unspecified atom stereocenters. The summed E-state index contributed by atoms with van der Waals surface area (Å²) >= 11 is 0. The van der Waals surface area contributed by atoms with Crippen molar-refractivity contribution in [2.24, 2.45) is 0 Å². The van der Waals surface area contributed by atoms with Gasteiger partial charge in [-0.1, -0.05) is 23.8 Å². The van der Waals surface area contributed by atoms with E-state index in [9.17, 15) is 4.79 Å². The van der Waals surface area contributed by atoms with E-state index in [1.54, 1.807) is 0 Å². The van der Waals surface area contributed by atoms with Crippen molar-refractivity contribution >= 4 is 6.29 Å². The van der Waals surface area contributed by atoms with Crippen LogP contribution in [0.15, 0.2) is 36.0 Å². The molecule has 1 nitrogen and oxygen atoms in total. The van der Waals surface area contributed by atoms with Gasteiger partial charge in [0.15, 0.2) is 0 Å². The molecule has 0 atom stereocenters. The van der Waals surface area contributed by atoms with Gasteiger partial charge in [0, 0.05) is 0 Å². The fourth-order valence-corrected chi connectivity index (χ4v) is 1.14. The molecule has 0 radical (unpaired) electrons. The predicted molar refractivity (Wildman–Crippen MR) is 46.3 cm³/mol. The highest BCUT2D eigenvalue weighted by atomic mass is 16.1. The highest BCUT2D eigenvalue weighted by Gasteiger charge is 2.01. The van der Waals surface area contributed by atoms with Crippen LogP contribution in [-0.4, -0.2) is 6.29 Å². The zero-order valence-corrected chi connectivity index (χ0v) is 6.55. The van der Waals surface area contributed by atoms with Gasteiger partial charge in [-0.25, -0.2) is 0 Å². The minimum absolute atomic E-state index is 0.798. The van der Waals surface area contributed by atoms with E-state index in [0.717, 1.165) is 31.1 Å². The van der Waals surface area contributed by atoms with E-state index < -0.39 is 0 Å². The van der Waals surface area contributed by atoms with Crippen LogP contribution in [0.4, 0.5) is 0 Å². The van der Waals surface area contributed by atoms with Crippen molar-refractivity contribution in [2.75, 3.05) is 0 Å². The van der Waals surface area contributed by atoms with Crippen molar-refractivity contribution in [3.8, 4) is 0 Å². The molecule has 0 heterocycles. The Kier molecular flexibility index (Phi) is 2.84. The largest absolute Gasteiger partial charge is 0.298 e. The van der Waals surface area contributed by atoms with Gasteiger partial charge in [0.05, 0.1) is 0 Å². The van der Waals surface area contributed by atoms with Crippen LogP contribution in [0.5, 0.6) is 0 Å². The zero-order valence-electron chi connectivity index (χ0n) is 6.55. The molecule has 1 heteroatoms. The van der Waals surface area contributed by atoms with Gasteiger partial charge in [-0.05, 0) is 24.8 Å². The zero-order chi connectivity index (χ0) is 8.10. The molecule has 0 bridgehead atoms. The third kappa shape index (κ3) is 2.19. The molecule has 0 aromatic rings. The van der Waals surface area contributed by atoms with Crippen LogP contribution in [-0.2, 0) is 4.79 Å². The summed E-state index contributed by atoms with van der Waals surface area (Å²) in [6.45, 7) is 3.66. The van der Waals surface area contributed by atoms with Gasteiger partial charge in [0.1, 0.15) is 6.29 Å². The molecule has 0 saturated carbocycles. The number of hydrogen-bond donors (Lipinski definition) is 0. The Morgan fingerprint density at radius 1 is 1.45 bits per heavy atom. The molecule has 0 aliphatic heterocycles. The Morgan fingerprint density at radius 3 is 2.73 bits per heavy atom. The van der Waals surface area contributed by atoms with Gasteiger partial charge in [-0.3, -0.25) is 4.79 Å². The van der Waals surface area contributed by atoms with Crippen molar-refractivity contribution in [2.45, 2.75) is 19.3 Å². The van der Waals surface area contributed by atoms with Crippen molar-refractivity contribution in [1.82, 2.24) is 0 Å². The Bertz CT molecular complexity index is 221. The first-order valence-electron chi connectivity index (χ1n) is 3.80. The Hall–Kier alpha value is -1.11. The van der Waals surface area contributed by atoms with Crippen LogP contribution in [0.3, 0.4) is 0 Å². The van der Waals surface area contributed by atoms with E-state index in [-0.39, 0.29) is 0 Å². The maximum Gasteiger partial charge on any atom is 0.146 e. The molecule has 11 heavy (non-hydrogen) atoms. The second-order valence-electron chi connectivity index (χ2n) is 2.66. The molecule has 0 amide bonds. The van der Waals surface area contributed by atoms with Crippen LogP contribution in [0.2, 0.25) is 0 Å². The third-order valence-corrected chi connectivity index (χ3v) is 1.81. The Morgan fingerprint density at radius 2 is 2.27 bits per heavy atom. The maximum atomic E-state index is 10.3. The van der Waals surface area contributed by atoms with Crippen LogP contribution < -0.4 is 0 Å². The van der Waals surface area contributed by atoms with Crippen LogP contribution in [0.1, 0.15) is 19.3 Å². The summed E-state index contributed by atoms with van der Waals surface area (Å²) in [5.41, 5.74) is 2.27. The van der Waals surface area contributed by atoms with Gasteiger partial charge < -0.3 is 0 Å². The first kappa shape index (κ1) is 7.99. The van der Waals surface area contributed by atoms with Gasteiger partial charge in [-0.2, -0.15) is 0 Å². The molecule has 1 aliphatic carbocycles. The lowest BCUT2D eigenvalue weighted by atomic mass is 9.98. The smallest absolute Gasteiger partial charge is 0.146 e. The summed E-state index contributed by atoms with van der Waals surface area (Å²) in [5, 5.41) is 0. The van der Waals surface area contributed by atoms with Crippen molar-refractivity contribution in [1.29, 1.82) is 0 Å². The SMILES string of the molecule is C=CCC1=CCC(C=O)=CC1. The minimum atomic E-state index is 0.798. The van der Waals surface area contributed by atoms with Gasteiger partial charge >= 0.3 is 0 Å². The van der Waals surface area contributed by atoms with E-state index >= 15 is 0 Å². The average Bonchev–Trinajstić information content (AvgIpc) is 2.07. The summed E-state index contributed by atoms with van der Waals surface area (Å²) < 4.78 is 0. The molecular formula is C10H12O. The van der Waals surface area contributed by atoms with Gasteiger partial charge in [-0.15, -0.1) is 6.58 Å². The summed E-state index contributed by atoms with van der Waals surface area (Å²) in [7, 11) is 0. The number of carbonyl (C=O) groups excluding carboxylic acids is 1. The summed E-state index contributed by atoms with van der Waals surface area (Å²) in [6, 6.07) is 0. The summed E-state index contributed by atoms with van der Waals surface area (Å²) in [6.07, 6.45) is 9.60. The first-order valence-corrected chi connectivity index (χ1v) is 3.80. The van der Waals surface area contributed by atoms with Crippen molar-refractivity contribution in [3.63, 3.8) is 0 Å². The molecular weight excluding hydrogens is 136 g/mol. The monoisotopic (exact) mass is 148 g/mol. The van der Waals surface area contributed by atoms with E-state index in [1.165, 1.54) is 5.57 Å². The van der Waals surface area contributed by atoms with Crippen LogP contribution in [0, 0.1) is 0 Å². The average molecular weight is 148 g/mol. The lowest BCUT2D eigenvalue weighted by Crippen LogP contribution is -1.92. The number of allylic oxidation sites excluding steroid dienone is 5. The molecule has 1 rings (SSSR count). The lowest BCUT2D eigenvalue weighted by Gasteiger charge is -2.07. The fourth-order valence-electron chi connectivity index (χ4n) is 1.14. The summed E-state index contributed by atoms with van der Waals surface area (Å²) in [4.78, 5) is 10.3. The maximum absolute atomic E-state index is 10.3. The molecule has 0 aromatic carbocycles. The van der Waals surface area contributed by atoms with Crippen molar-refractivity contribution < 1.29 is 4.79 Å². The molecule has 0 aromatic heterocycles. The van der Waals surface area contributed by atoms with Crippen LogP contribution >= 0.6 is 0 Å². The minimum Gasteiger partial charge on any atom is -0.298 e. The molecule has 1 aliphatic rings. The first-order chi connectivity index (χ1) is 5.36. The van der Waals surface area contributed by atoms with Gasteiger partial charge in [0.25, 0.3) is 0 Å². The Labute approximate surface area is 67.1 Å². The lowest BCUT2D eigenvalue weighted by molar-refractivity contribution is -0.105. The number of carbonyl (C=O) groups is 1. The quantitative estimate of drug-likeness (QED) is 0.443. The van der Waals surface area contributed by atoms with E-state index in [1.807, 2.05) is 12.2 Å². The fraction of sp³-hybridized carbons (Fsp3) is 0.300. The van der Waals surface area contributed by atoms with E-state index in [0.29, 0.717) is 0 Å². The molecule has 0 fully saturated rings. The van der Waals surface area contributed by atoms with E-state index in [4.69, 9.17) is 0 Å². The van der Waals surface area contributed by atoms with Crippen LogP contribution in [0.25, 0.3) is 0 Å². The molecule has 0 spiro atoms. The third-order valence-electron chi connectivity index (χ3n) is 1.81. The molecule has 58 valence electrons. The predicted octanol–water partition coefficient (Wildman–Crippen LogP) is 2.41. The Balaban J connectivity index is 2.49. The standard InChI is InChI=1S/C10H12O/c1-2-3-9-4-6-10(8-11)7-5-9/h2,4,7-8H,1,3,5-6H2. The number of hydrogen-bond acceptors (Lipinski definition) is 1. The van der Waals surface area contributed by atoms with Crippen molar-refractivity contribution in [3.05, 3.63) is 36.0 Å².